The lowest BCUT2D eigenvalue weighted by molar-refractivity contribution is -0.120. The van der Waals surface area contributed by atoms with Crippen molar-refractivity contribution in [3.63, 3.8) is 0 Å². The van der Waals surface area contributed by atoms with Crippen LogP contribution < -0.4 is 15.8 Å². The molecule has 1 fully saturated rings. The van der Waals surface area contributed by atoms with E-state index >= 15 is 0 Å². The summed E-state index contributed by atoms with van der Waals surface area (Å²) in [6.07, 6.45) is 2.06. The van der Waals surface area contributed by atoms with Crippen molar-refractivity contribution in [2.75, 3.05) is 26.7 Å². The Balaban J connectivity index is 2.17. The van der Waals surface area contributed by atoms with Crippen molar-refractivity contribution < 1.29 is 9.53 Å². The van der Waals surface area contributed by atoms with Crippen molar-refractivity contribution in [2.45, 2.75) is 25.4 Å². The second kappa shape index (κ2) is 7.77. The first-order valence-corrected chi connectivity index (χ1v) is 7.95. The molecule has 1 heterocycles. The number of methoxy groups -OCH3 is 1. The van der Waals surface area contributed by atoms with E-state index in [0.717, 1.165) is 41.7 Å². The van der Waals surface area contributed by atoms with Crippen LogP contribution in [0.2, 0.25) is 0 Å². The fourth-order valence-electron chi connectivity index (χ4n) is 2.78. The Bertz CT molecular complexity index is 490. The maximum atomic E-state index is 11.4. The van der Waals surface area contributed by atoms with Crippen LogP contribution in [0.25, 0.3) is 0 Å². The number of ether oxygens (including phenoxy) is 1. The quantitative estimate of drug-likeness (QED) is 0.811. The summed E-state index contributed by atoms with van der Waals surface area (Å²) in [6, 6.07) is 6.30. The van der Waals surface area contributed by atoms with E-state index in [-0.39, 0.29) is 12.5 Å². The average Bonchev–Trinajstić information content (AvgIpc) is 2.47. The average molecular weight is 356 g/mol. The topological polar surface area (TPSA) is 67.6 Å². The van der Waals surface area contributed by atoms with Gasteiger partial charge in [-0.25, -0.2) is 0 Å². The van der Waals surface area contributed by atoms with Gasteiger partial charge in [0.2, 0.25) is 5.91 Å². The number of rotatable bonds is 6. The van der Waals surface area contributed by atoms with Crippen LogP contribution >= 0.6 is 15.9 Å². The maximum Gasteiger partial charge on any atom is 0.231 e. The molecule has 1 aromatic rings. The zero-order chi connectivity index (χ0) is 15.2. The van der Waals surface area contributed by atoms with Crippen molar-refractivity contribution in [2.24, 2.45) is 5.73 Å². The number of benzene rings is 1. The molecule has 116 valence electrons. The van der Waals surface area contributed by atoms with E-state index < -0.39 is 0 Å². The number of carbonyl (C=O) groups is 1. The molecular weight excluding hydrogens is 334 g/mol. The number of amides is 1. The van der Waals surface area contributed by atoms with Gasteiger partial charge >= 0.3 is 0 Å². The van der Waals surface area contributed by atoms with Gasteiger partial charge in [-0.15, -0.1) is 0 Å². The van der Waals surface area contributed by atoms with Crippen molar-refractivity contribution in [3.8, 4) is 5.75 Å². The smallest absolute Gasteiger partial charge is 0.231 e. The predicted molar refractivity (Wildman–Crippen MR) is 86.2 cm³/mol. The summed E-state index contributed by atoms with van der Waals surface area (Å²) in [5.41, 5.74) is 6.48. The fraction of sp³-hybridized carbons (Fsp3) is 0.533. The lowest BCUT2D eigenvalue weighted by atomic mass is 10.0. The number of nitrogens with zero attached hydrogens (tertiary/aromatic N) is 1. The molecule has 0 bridgehead atoms. The zero-order valence-corrected chi connectivity index (χ0v) is 13.9. The summed E-state index contributed by atoms with van der Waals surface area (Å²) in [5.74, 6) is 0.545. The highest BCUT2D eigenvalue weighted by Gasteiger charge is 2.23. The highest BCUT2D eigenvalue weighted by molar-refractivity contribution is 9.10. The van der Waals surface area contributed by atoms with Gasteiger partial charge in [0.1, 0.15) is 5.75 Å². The molecule has 1 aromatic carbocycles. The Morgan fingerprint density at radius 2 is 2.19 bits per heavy atom. The second-order valence-electron chi connectivity index (χ2n) is 5.31. The third-order valence-corrected chi connectivity index (χ3v) is 4.29. The van der Waals surface area contributed by atoms with E-state index in [1.54, 1.807) is 7.11 Å². The highest BCUT2D eigenvalue weighted by Crippen LogP contribution is 2.26. The number of carbonyl (C=O) groups excluding carboxylic acids is 1. The number of primary amides is 1. The molecule has 3 N–H and O–H groups in total. The van der Waals surface area contributed by atoms with E-state index in [4.69, 9.17) is 10.5 Å². The van der Waals surface area contributed by atoms with Gasteiger partial charge in [0.15, 0.2) is 0 Å². The minimum absolute atomic E-state index is 0.278. The van der Waals surface area contributed by atoms with E-state index in [1.165, 1.54) is 0 Å². The maximum absolute atomic E-state index is 11.4. The van der Waals surface area contributed by atoms with Crippen LogP contribution in [0.1, 0.15) is 18.4 Å². The largest absolute Gasteiger partial charge is 0.496 e. The molecule has 1 aliphatic rings. The second-order valence-corrected chi connectivity index (χ2v) is 6.22. The molecule has 0 radical (unpaired) electrons. The summed E-state index contributed by atoms with van der Waals surface area (Å²) >= 11 is 3.49. The summed E-state index contributed by atoms with van der Waals surface area (Å²) in [4.78, 5) is 13.5. The molecule has 1 saturated heterocycles. The van der Waals surface area contributed by atoms with Gasteiger partial charge in [-0.3, -0.25) is 9.69 Å². The number of nitrogens with two attached hydrogens (primary N) is 1. The van der Waals surface area contributed by atoms with Crippen molar-refractivity contribution in [1.82, 2.24) is 10.2 Å². The zero-order valence-electron chi connectivity index (χ0n) is 12.3. The minimum Gasteiger partial charge on any atom is -0.496 e. The third-order valence-electron chi connectivity index (χ3n) is 3.80. The molecule has 2 rings (SSSR count). The van der Waals surface area contributed by atoms with Gasteiger partial charge in [0.25, 0.3) is 0 Å². The fourth-order valence-corrected chi connectivity index (χ4v) is 3.18. The van der Waals surface area contributed by atoms with E-state index in [9.17, 15) is 4.79 Å². The Morgan fingerprint density at radius 3 is 2.81 bits per heavy atom. The SMILES string of the molecule is COc1ccc(Br)cc1CN(CC(N)=O)C1CCNCC1. The Labute approximate surface area is 134 Å². The molecule has 0 spiro atoms. The van der Waals surface area contributed by atoms with Crippen molar-refractivity contribution >= 4 is 21.8 Å². The molecule has 6 heteroatoms. The van der Waals surface area contributed by atoms with Crippen LogP contribution in [-0.4, -0.2) is 43.6 Å². The minimum atomic E-state index is -0.289. The number of halogens is 1. The lowest BCUT2D eigenvalue weighted by Gasteiger charge is -2.34. The Hall–Kier alpha value is -1.11. The van der Waals surface area contributed by atoms with Crippen molar-refractivity contribution in [1.29, 1.82) is 0 Å². The standard InChI is InChI=1S/C15H22BrN3O2/c1-21-14-3-2-12(16)8-11(14)9-19(10-15(17)20)13-4-6-18-7-5-13/h2-3,8,13,18H,4-7,9-10H2,1H3,(H2,17,20). The summed E-state index contributed by atoms with van der Waals surface area (Å²) in [5, 5.41) is 3.34. The van der Waals surface area contributed by atoms with Crippen LogP contribution in [0, 0.1) is 0 Å². The monoisotopic (exact) mass is 355 g/mol. The molecule has 0 unspecified atom stereocenters. The molecule has 0 aliphatic carbocycles. The van der Waals surface area contributed by atoms with Crippen LogP contribution in [-0.2, 0) is 11.3 Å². The van der Waals surface area contributed by atoms with Gasteiger partial charge in [0.05, 0.1) is 13.7 Å². The summed E-state index contributed by atoms with van der Waals surface area (Å²) in [7, 11) is 1.66. The first kappa shape index (κ1) is 16.3. The summed E-state index contributed by atoms with van der Waals surface area (Å²) < 4.78 is 6.42. The van der Waals surface area contributed by atoms with Crippen LogP contribution in [0.5, 0.6) is 5.75 Å². The molecule has 0 atom stereocenters. The van der Waals surface area contributed by atoms with E-state index in [1.807, 2.05) is 18.2 Å². The molecular formula is C15H22BrN3O2. The number of nitrogens with one attached hydrogen (secondary N) is 1. The van der Waals surface area contributed by atoms with Gasteiger partial charge in [0, 0.05) is 22.6 Å². The Kier molecular flexibility index (Phi) is 6.02. The van der Waals surface area contributed by atoms with Gasteiger partial charge in [-0.2, -0.15) is 0 Å². The molecule has 5 nitrogen and oxygen atoms in total. The third kappa shape index (κ3) is 4.69. The van der Waals surface area contributed by atoms with Crippen LogP contribution in [0.4, 0.5) is 0 Å². The van der Waals surface area contributed by atoms with E-state index in [2.05, 4.69) is 26.1 Å². The first-order valence-electron chi connectivity index (χ1n) is 7.15. The molecule has 1 amide bonds. The van der Waals surface area contributed by atoms with E-state index in [0.29, 0.717) is 12.6 Å². The molecule has 1 aliphatic heterocycles. The molecule has 21 heavy (non-hydrogen) atoms. The summed E-state index contributed by atoms with van der Waals surface area (Å²) in [6.45, 7) is 2.90. The number of piperidine rings is 1. The van der Waals surface area contributed by atoms with Crippen molar-refractivity contribution in [3.05, 3.63) is 28.2 Å². The van der Waals surface area contributed by atoms with Gasteiger partial charge in [-0.1, -0.05) is 15.9 Å². The van der Waals surface area contributed by atoms with Crippen LogP contribution in [0.15, 0.2) is 22.7 Å². The molecule has 0 aromatic heterocycles. The predicted octanol–water partition coefficient (Wildman–Crippen LogP) is 1.50. The normalized spacial score (nSPS) is 16.1. The lowest BCUT2D eigenvalue weighted by Crippen LogP contribution is -2.46. The number of hydrogen-bond donors (Lipinski definition) is 2. The van der Waals surface area contributed by atoms with Crippen LogP contribution in [0.3, 0.4) is 0 Å². The van der Waals surface area contributed by atoms with Gasteiger partial charge in [-0.05, 0) is 44.1 Å². The number of hydrogen-bond acceptors (Lipinski definition) is 4. The Morgan fingerprint density at radius 1 is 1.48 bits per heavy atom. The van der Waals surface area contributed by atoms with Gasteiger partial charge < -0.3 is 15.8 Å². The molecule has 0 saturated carbocycles. The highest BCUT2D eigenvalue weighted by atomic mass is 79.9. The first-order chi connectivity index (χ1) is 10.1.